The van der Waals surface area contributed by atoms with E-state index in [2.05, 4.69) is 41.1 Å². The summed E-state index contributed by atoms with van der Waals surface area (Å²) < 4.78 is 0. The Hall–Kier alpha value is -2.58. The molecule has 0 aromatic rings. The lowest BCUT2D eigenvalue weighted by Crippen LogP contribution is -2.03. The average molecular weight is 156 g/mol. The fourth-order valence-corrected chi connectivity index (χ4v) is 0.439. The van der Waals surface area contributed by atoms with Crippen LogP contribution in [0.5, 0.6) is 0 Å². The van der Waals surface area contributed by atoms with Crippen LogP contribution in [0.3, 0.4) is 0 Å². The van der Waals surface area contributed by atoms with E-state index in [1.165, 1.54) is 0 Å². The van der Waals surface area contributed by atoms with Crippen molar-refractivity contribution in [3.8, 4) is 59.4 Å². The molecule has 0 N–H and O–H groups in total. The Bertz CT molecular complexity index is 394. The number of hydrogen-bond acceptors (Lipinski definition) is 0. The van der Waals surface area contributed by atoms with Crippen LogP contribution in [0.1, 0.15) is 0 Å². The van der Waals surface area contributed by atoms with Gasteiger partial charge in [0.2, 0.25) is 0 Å². The second kappa shape index (κ2) is 7.53. The third kappa shape index (κ3) is 5.85. The molecule has 0 aliphatic heterocycles. The normalized spacial score (nSPS) is 4.38. The molecule has 0 heterocycles. The van der Waals surface area contributed by atoms with Gasteiger partial charge in [0.25, 0.3) is 0 Å². The molecule has 2 radical (unpaired) electrons. The Balaban J connectivity index is 4.73. The zero-order chi connectivity index (χ0) is 9.94. The minimum absolute atomic E-state index is 0.549. The molecule has 0 aromatic carbocycles. The molecule has 0 aromatic heterocycles. The second-order valence-electron chi connectivity index (χ2n) is 1.64. The van der Waals surface area contributed by atoms with Gasteiger partial charge in [0.05, 0.1) is 0 Å². The van der Waals surface area contributed by atoms with E-state index < -0.39 is 6.71 Å². The van der Waals surface area contributed by atoms with Crippen LogP contribution in [0.25, 0.3) is 0 Å². The minimum Gasteiger partial charge on any atom is -0.106 e. The van der Waals surface area contributed by atoms with E-state index in [0.717, 1.165) is 0 Å². The SMILES string of the molecule is [C]#CC#CB(C#CC#[C])C#CC#C. The summed E-state index contributed by atoms with van der Waals surface area (Å²) in [6, 6.07) is 0. The maximum Gasteiger partial charge on any atom is 0.398 e. The summed E-state index contributed by atoms with van der Waals surface area (Å²) >= 11 is 0. The Kier molecular flexibility index (Phi) is 6.04. The fourth-order valence-electron chi connectivity index (χ4n) is 0.439. The van der Waals surface area contributed by atoms with Crippen LogP contribution in [-0.4, -0.2) is 6.71 Å². The van der Waals surface area contributed by atoms with Crippen LogP contribution in [0.4, 0.5) is 0 Å². The highest BCUT2D eigenvalue weighted by molar-refractivity contribution is 6.82. The highest BCUT2D eigenvalue weighted by Crippen LogP contribution is 1.74. The largest absolute Gasteiger partial charge is 0.398 e. The first-order valence-corrected chi connectivity index (χ1v) is 3.15. The van der Waals surface area contributed by atoms with Crippen molar-refractivity contribution in [2.24, 2.45) is 0 Å². The van der Waals surface area contributed by atoms with E-state index in [4.69, 9.17) is 19.3 Å². The first-order valence-electron chi connectivity index (χ1n) is 3.15. The molecule has 13 heavy (non-hydrogen) atoms. The molecule has 1 heteroatoms. The maximum atomic E-state index is 6.54. The summed E-state index contributed by atoms with van der Waals surface area (Å²) in [5.74, 6) is 20.4. The predicted octanol–water partition coefficient (Wildman–Crippen LogP) is -0.0782. The number of rotatable bonds is 0. The number of hydrogen-bond donors (Lipinski definition) is 0. The first kappa shape index (κ1) is 10.4. The van der Waals surface area contributed by atoms with Crippen molar-refractivity contribution in [3.63, 3.8) is 0 Å². The fraction of sp³-hybridized carbons (Fsp3) is 0. The third-order valence-electron chi connectivity index (χ3n) is 0.847. The van der Waals surface area contributed by atoms with Crippen LogP contribution in [0.15, 0.2) is 0 Å². The van der Waals surface area contributed by atoms with Gasteiger partial charge in [-0.3, -0.25) is 0 Å². The molecule has 0 saturated carbocycles. The lowest BCUT2D eigenvalue weighted by Gasteiger charge is -1.78. The molecule has 0 aliphatic rings. The van der Waals surface area contributed by atoms with Crippen LogP contribution in [0.2, 0.25) is 0 Å². The topological polar surface area (TPSA) is 0 Å². The number of terminal acetylenes is 1. The minimum atomic E-state index is -0.549. The van der Waals surface area contributed by atoms with Crippen molar-refractivity contribution in [1.82, 2.24) is 0 Å². The van der Waals surface area contributed by atoms with Gasteiger partial charge in [-0.05, 0) is 48.4 Å². The maximum absolute atomic E-state index is 6.54. The van der Waals surface area contributed by atoms with Gasteiger partial charge in [-0.15, -0.1) is 23.9 Å². The van der Waals surface area contributed by atoms with E-state index in [1.54, 1.807) is 0 Å². The molecule has 0 nitrogen and oxygen atoms in total. The zero-order valence-corrected chi connectivity index (χ0v) is 6.65. The summed E-state index contributed by atoms with van der Waals surface area (Å²) in [6.45, 7) is -0.549. The lowest BCUT2D eigenvalue weighted by molar-refractivity contribution is 2.41. The summed E-state index contributed by atoms with van der Waals surface area (Å²) in [4.78, 5) is 0. The van der Waals surface area contributed by atoms with Gasteiger partial charge in [0, 0.05) is 0 Å². The first-order chi connectivity index (χ1) is 6.35. The monoisotopic (exact) mass is 156 g/mol. The van der Waals surface area contributed by atoms with Crippen molar-refractivity contribution in [3.05, 3.63) is 12.8 Å². The van der Waals surface area contributed by atoms with E-state index in [1.807, 2.05) is 11.8 Å². The molecule has 0 bridgehead atoms. The lowest BCUT2D eigenvalue weighted by atomic mass is 9.52. The van der Waals surface area contributed by atoms with Crippen LogP contribution in [-0.2, 0) is 0 Å². The van der Waals surface area contributed by atoms with Gasteiger partial charge in [0.15, 0.2) is 0 Å². The highest BCUT2D eigenvalue weighted by Gasteiger charge is 2.00. The van der Waals surface area contributed by atoms with Crippen molar-refractivity contribution in [2.75, 3.05) is 0 Å². The van der Waals surface area contributed by atoms with Crippen LogP contribution in [0, 0.1) is 72.3 Å². The van der Waals surface area contributed by atoms with Gasteiger partial charge >= 0.3 is 6.71 Å². The standard InChI is InChI=1S/C12HB/c1-4-7-10-13(11-8-5-2)12-9-6-3/h1H. The molecule has 0 unspecified atom stereocenters. The molecular weight excluding hydrogens is 155 g/mol. The van der Waals surface area contributed by atoms with E-state index in [9.17, 15) is 0 Å². The summed E-state index contributed by atoms with van der Waals surface area (Å²) in [5, 5.41) is 0. The zero-order valence-electron chi connectivity index (χ0n) is 6.65. The quantitative estimate of drug-likeness (QED) is 0.340. The van der Waals surface area contributed by atoms with Crippen molar-refractivity contribution >= 4 is 6.71 Å². The summed E-state index contributed by atoms with van der Waals surface area (Å²) in [6.07, 6.45) is 18.0. The Morgan fingerprint density at radius 3 is 1.69 bits per heavy atom. The second-order valence-corrected chi connectivity index (χ2v) is 1.64. The van der Waals surface area contributed by atoms with Gasteiger partial charge in [-0.2, -0.15) is 0 Å². The summed E-state index contributed by atoms with van der Waals surface area (Å²) in [7, 11) is 0. The Morgan fingerprint density at radius 2 is 1.31 bits per heavy atom. The Labute approximate surface area is 79.6 Å². The van der Waals surface area contributed by atoms with Gasteiger partial charge in [-0.25, -0.2) is 0 Å². The molecule has 0 saturated heterocycles. The third-order valence-corrected chi connectivity index (χ3v) is 0.847. The molecule has 0 fully saturated rings. The van der Waals surface area contributed by atoms with Crippen LogP contribution < -0.4 is 0 Å². The highest BCUT2D eigenvalue weighted by atomic mass is 13.6. The van der Waals surface area contributed by atoms with E-state index in [-0.39, 0.29) is 0 Å². The van der Waals surface area contributed by atoms with Crippen LogP contribution >= 0.6 is 0 Å². The van der Waals surface area contributed by atoms with Gasteiger partial charge in [0.1, 0.15) is 0 Å². The molecule has 0 spiro atoms. The Morgan fingerprint density at radius 1 is 0.846 bits per heavy atom. The molecule has 52 valence electrons. The predicted molar refractivity (Wildman–Crippen MR) is 52.2 cm³/mol. The van der Waals surface area contributed by atoms with Gasteiger partial charge < -0.3 is 0 Å². The molecule has 0 rings (SSSR count). The molecule has 0 amide bonds. The average Bonchev–Trinajstić information content (AvgIpc) is 2.17. The molecule has 0 aliphatic carbocycles. The van der Waals surface area contributed by atoms with Crippen molar-refractivity contribution in [2.45, 2.75) is 0 Å². The molecular formula is C12HB. The van der Waals surface area contributed by atoms with Crippen molar-refractivity contribution in [1.29, 1.82) is 0 Å². The summed E-state index contributed by atoms with van der Waals surface area (Å²) in [5.41, 5.74) is 0. The molecule has 0 atom stereocenters. The smallest absolute Gasteiger partial charge is 0.106 e. The van der Waals surface area contributed by atoms with Gasteiger partial charge in [-0.1, -0.05) is 0 Å². The van der Waals surface area contributed by atoms with E-state index >= 15 is 0 Å². The van der Waals surface area contributed by atoms with E-state index in [0.29, 0.717) is 0 Å². The van der Waals surface area contributed by atoms with Crippen molar-refractivity contribution < 1.29 is 0 Å².